The summed E-state index contributed by atoms with van der Waals surface area (Å²) >= 11 is 0. The van der Waals surface area contributed by atoms with Crippen molar-refractivity contribution in [2.45, 2.75) is 51.0 Å². The van der Waals surface area contributed by atoms with Gasteiger partial charge in [-0.2, -0.15) is 0 Å². The molecule has 2 saturated heterocycles. The lowest BCUT2D eigenvalue weighted by Gasteiger charge is -2.30. The molecule has 0 bridgehead atoms. The van der Waals surface area contributed by atoms with Crippen molar-refractivity contribution in [3.63, 3.8) is 0 Å². The van der Waals surface area contributed by atoms with Crippen LogP contribution in [-0.2, 0) is 9.53 Å². The van der Waals surface area contributed by atoms with Crippen LogP contribution in [0.2, 0.25) is 0 Å². The van der Waals surface area contributed by atoms with Gasteiger partial charge < -0.3 is 20.3 Å². The number of piperidine rings is 1. The number of amides is 2. The number of rotatable bonds is 6. The van der Waals surface area contributed by atoms with Crippen molar-refractivity contribution in [1.29, 1.82) is 0 Å². The molecule has 1 aromatic rings. The molecule has 2 amide bonds. The van der Waals surface area contributed by atoms with Crippen molar-refractivity contribution >= 4 is 23.2 Å². The summed E-state index contributed by atoms with van der Waals surface area (Å²) in [7, 11) is 0. The summed E-state index contributed by atoms with van der Waals surface area (Å²) in [6, 6.07) is 5.73. The van der Waals surface area contributed by atoms with E-state index in [9.17, 15) is 9.59 Å². The minimum Gasteiger partial charge on any atom is -0.376 e. The van der Waals surface area contributed by atoms with Gasteiger partial charge in [-0.25, -0.2) is 0 Å². The quantitative estimate of drug-likeness (QED) is 0.807. The number of nitrogens with zero attached hydrogens (tertiary/aromatic N) is 1. The highest BCUT2D eigenvalue weighted by Gasteiger charge is 2.30. The molecule has 3 fully saturated rings. The first-order chi connectivity index (χ1) is 13.2. The molecule has 4 rings (SSSR count). The van der Waals surface area contributed by atoms with Crippen molar-refractivity contribution in [1.82, 2.24) is 5.32 Å². The van der Waals surface area contributed by atoms with Gasteiger partial charge >= 0.3 is 0 Å². The Morgan fingerprint density at radius 3 is 2.59 bits per heavy atom. The summed E-state index contributed by atoms with van der Waals surface area (Å²) in [5.74, 6) is 0.114. The van der Waals surface area contributed by atoms with Crippen LogP contribution in [0.4, 0.5) is 11.4 Å². The molecule has 0 unspecified atom stereocenters. The van der Waals surface area contributed by atoms with Gasteiger partial charge in [0.1, 0.15) is 0 Å². The number of nitrogens with one attached hydrogen (secondary N) is 2. The first kappa shape index (κ1) is 18.3. The standard InChI is InChI=1S/C21H29N3O3/c25-20(15-6-7-15)23-16-8-9-19(24-10-2-1-3-11-24)18(13-16)21(26)22-14-17-5-4-12-27-17/h8-9,13,15,17H,1-7,10-12,14H2,(H,22,26)(H,23,25)/t17-/m1/s1. The fourth-order valence-electron chi connectivity index (χ4n) is 3.90. The third-order valence-electron chi connectivity index (χ3n) is 5.67. The summed E-state index contributed by atoms with van der Waals surface area (Å²) in [6.07, 6.45) is 7.64. The van der Waals surface area contributed by atoms with E-state index >= 15 is 0 Å². The average Bonchev–Trinajstić information content (AvgIpc) is 3.43. The third kappa shape index (κ3) is 4.61. The van der Waals surface area contributed by atoms with Crippen LogP contribution in [0.15, 0.2) is 18.2 Å². The Kier molecular flexibility index (Phi) is 5.62. The van der Waals surface area contributed by atoms with Crippen LogP contribution in [0, 0.1) is 5.92 Å². The Morgan fingerprint density at radius 2 is 1.89 bits per heavy atom. The SMILES string of the molecule is O=C(NC[C@H]1CCCO1)c1cc(NC(=O)C2CC2)ccc1N1CCCCC1. The second-order valence-corrected chi connectivity index (χ2v) is 7.89. The maximum atomic E-state index is 12.9. The van der Waals surface area contributed by atoms with Gasteiger partial charge in [0.25, 0.3) is 5.91 Å². The lowest BCUT2D eigenvalue weighted by molar-refractivity contribution is -0.117. The number of carbonyl (C=O) groups is 2. The number of ether oxygens (including phenoxy) is 1. The van der Waals surface area contributed by atoms with E-state index < -0.39 is 0 Å². The number of anilines is 2. The van der Waals surface area contributed by atoms with E-state index in [1.165, 1.54) is 6.42 Å². The van der Waals surface area contributed by atoms with Crippen LogP contribution in [0.3, 0.4) is 0 Å². The molecule has 27 heavy (non-hydrogen) atoms. The van der Waals surface area contributed by atoms with E-state index in [1.807, 2.05) is 18.2 Å². The van der Waals surface area contributed by atoms with Gasteiger partial charge in [0.15, 0.2) is 0 Å². The van der Waals surface area contributed by atoms with Crippen molar-refractivity contribution < 1.29 is 14.3 Å². The number of carbonyl (C=O) groups excluding carboxylic acids is 2. The monoisotopic (exact) mass is 371 g/mol. The number of hydrogen-bond donors (Lipinski definition) is 2. The molecule has 0 radical (unpaired) electrons. The van der Waals surface area contributed by atoms with Crippen LogP contribution in [0.25, 0.3) is 0 Å². The molecule has 2 aliphatic heterocycles. The van der Waals surface area contributed by atoms with Crippen LogP contribution < -0.4 is 15.5 Å². The molecule has 1 aliphatic carbocycles. The van der Waals surface area contributed by atoms with Gasteiger partial charge in [-0.1, -0.05) is 0 Å². The third-order valence-corrected chi connectivity index (χ3v) is 5.67. The van der Waals surface area contributed by atoms with Gasteiger partial charge in [-0.15, -0.1) is 0 Å². The lowest BCUT2D eigenvalue weighted by Crippen LogP contribution is -2.35. The van der Waals surface area contributed by atoms with Gasteiger partial charge in [0, 0.05) is 43.5 Å². The summed E-state index contributed by atoms with van der Waals surface area (Å²) in [5.41, 5.74) is 2.31. The molecular formula is C21H29N3O3. The van der Waals surface area contributed by atoms with E-state index in [2.05, 4.69) is 15.5 Å². The van der Waals surface area contributed by atoms with Crippen molar-refractivity contribution in [3.8, 4) is 0 Å². The highest BCUT2D eigenvalue weighted by molar-refractivity contribution is 6.02. The van der Waals surface area contributed by atoms with Gasteiger partial charge in [0.05, 0.1) is 11.7 Å². The van der Waals surface area contributed by atoms with E-state index in [1.54, 1.807) is 0 Å². The maximum absolute atomic E-state index is 12.9. The van der Waals surface area contributed by atoms with E-state index in [-0.39, 0.29) is 23.8 Å². The topological polar surface area (TPSA) is 70.7 Å². The predicted octanol–water partition coefficient (Wildman–Crippen LogP) is 2.93. The minimum atomic E-state index is -0.0893. The van der Waals surface area contributed by atoms with Crippen molar-refractivity contribution in [2.75, 3.05) is 36.5 Å². The van der Waals surface area contributed by atoms with Crippen molar-refractivity contribution in [3.05, 3.63) is 23.8 Å². The first-order valence-electron chi connectivity index (χ1n) is 10.3. The number of hydrogen-bond acceptors (Lipinski definition) is 4. The normalized spacial score (nSPS) is 22.5. The summed E-state index contributed by atoms with van der Waals surface area (Å²) in [4.78, 5) is 27.3. The van der Waals surface area contributed by atoms with Gasteiger partial charge in [-0.05, 0) is 63.1 Å². The Balaban J connectivity index is 1.51. The maximum Gasteiger partial charge on any atom is 0.253 e. The largest absolute Gasteiger partial charge is 0.376 e. The molecular weight excluding hydrogens is 342 g/mol. The molecule has 1 aromatic carbocycles. The zero-order valence-electron chi connectivity index (χ0n) is 15.8. The Labute approximate surface area is 160 Å². The van der Waals surface area contributed by atoms with Crippen LogP contribution in [0.1, 0.15) is 55.3 Å². The Bertz CT molecular complexity index is 690. The minimum absolute atomic E-state index is 0.0615. The average molecular weight is 371 g/mol. The van der Waals surface area contributed by atoms with Crippen LogP contribution in [-0.4, -0.2) is 44.2 Å². The molecule has 0 aromatic heterocycles. The zero-order chi connectivity index (χ0) is 18.6. The van der Waals surface area contributed by atoms with E-state index in [0.29, 0.717) is 17.8 Å². The number of benzene rings is 1. The van der Waals surface area contributed by atoms with Crippen LogP contribution in [0.5, 0.6) is 0 Å². The molecule has 1 atom stereocenters. The molecule has 146 valence electrons. The zero-order valence-corrected chi connectivity index (χ0v) is 15.8. The fourth-order valence-corrected chi connectivity index (χ4v) is 3.90. The van der Waals surface area contributed by atoms with Crippen LogP contribution >= 0.6 is 0 Å². The highest BCUT2D eigenvalue weighted by Crippen LogP contribution is 2.32. The van der Waals surface area contributed by atoms with Gasteiger partial charge in [-0.3, -0.25) is 9.59 Å². The van der Waals surface area contributed by atoms with E-state index in [4.69, 9.17) is 4.74 Å². The highest BCUT2D eigenvalue weighted by atomic mass is 16.5. The van der Waals surface area contributed by atoms with E-state index in [0.717, 1.165) is 63.9 Å². The fraction of sp³-hybridized carbons (Fsp3) is 0.619. The Morgan fingerprint density at radius 1 is 1.07 bits per heavy atom. The predicted molar refractivity (Wildman–Crippen MR) is 105 cm³/mol. The first-order valence-corrected chi connectivity index (χ1v) is 10.3. The lowest BCUT2D eigenvalue weighted by atomic mass is 10.1. The molecule has 3 aliphatic rings. The smallest absolute Gasteiger partial charge is 0.253 e. The molecule has 6 heteroatoms. The molecule has 6 nitrogen and oxygen atoms in total. The Hall–Kier alpha value is -2.08. The van der Waals surface area contributed by atoms with Crippen molar-refractivity contribution in [2.24, 2.45) is 5.92 Å². The second kappa shape index (κ2) is 8.30. The molecule has 0 spiro atoms. The molecule has 2 heterocycles. The summed E-state index contributed by atoms with van der Waals surface area (Å²) in [6.45, 7) is 3.26. The summed E-state index contributed by atoms with van der Waals surface area (Å²) < 4.78 is 5.61. The van der Waals surface area contributed by atoms with Gasteiger partial charge in [0.2, 0.25) is 5.91 Å². The summed E-state index contributed by atoms with van der Waals surface area (Å²) in [5, 5.41) is 6.00. The second-order valence-electron chi connectivity index (χ2n) is 7.89. The molecule has 1 saturated carbocycles. The molecule has 2 N–H and O–H groups in total.